The van der Waals surface area contributed by atoms with Crippen molar-refractivity contribution in [3.05, 3.63) is 70.2 Å². The maximum absolute atomic E-state index is 11.4. The van der Waals surface area contributed by atoms with Crippen LogP contribution in [0.1, 0.15) is 16.1 Å². The topological polar surface area (TPSA) is 77.2 Å². The van der Waals surface area contributed by atoms with Crippen molar-refractivity contribution in [2.24, 2.45) is 5.73 Å². The zero-order chi connectivity index (χ0) is 16.9. The van der Waals surface area contributed by atoms with Gasteiger partial charge in [-0.05, 0) is 30.3 Å². The summed E-state index contributed by atoms with van der Waals surface area (Å²) in [5, 5.41) is 6.34. The van der Waals surface area contributed by atoms with Crippen LogP contribution in [0.3, 0.4) is 0 Å². The van der Waals surface area contributed by atoms with Crippen molar-refractivity contribution in [2.75, 3.05) is 5.32 Å². The average Bonchev–Trinajstić information content (AvgIpc) is 3.01. The number of primary amides is 1. The first-order valence-corrected chi connectivity index (χ1v) is 8.36. The second-order valence-corrected chi connectivity index (χ2v) is 6.22. The molecule has 0 aliphatic rings. The highest BCUT2D eigenvalue weighted by atomic mass is 35.5. The van der Waals surface area contributed by atoms with Gasteiger partial charge in [-0.25, -0.2) is 4.98 Å². The Morgan fingerprint density at radius 1 is 1.25 bits per heavy atom. The van der Waals surface area contributed by atoms with Gasteiger partial charge in [-0.1, -0.05) is 29.8 Å². The lowest BCUT2D eigenvalue weighted by Gasteiger charge is -2.08. The Hall–Kier alpha value is -2.57. The number of benzene rings is 2. The Balaban J connectivity index is 1.68. The average molecular weight is 360 g/mol. The number of anilines is 2. The van der Waals surface area contributed by atoms with Crippen LogP contribution in [-0.4, -0.2) is 10.9 Å². The number of hydrogen-bond donors (Lipinski definition) is 2. The van der Waals surface area contributed by atoms with Crippen LogP contribution in [0.4, 0.5) is 10.8 Å². The fourth-order valence-corrected chi connectivity index (χ4v) is 2.92. The fraction of sp³-hybridized carbons (Fsp3) is 0.0588. The molecule has 5 nitrogen and oxygen atoms in total. The van der Waals surface area contributed by atoms with Crippen molar-refractivity contribution in [1.29, 1.82) is 0 Å². The lowest BCUT2D eigenvalue weighted by atomic mass is 10.2. The van der Waals surface area contributed by atoms with Crippen LogP contribution < -0.4 is 15.8 Å². The highest BCUT2D eigenvalue weighted by Crippen LogP contribution is 2.25. The molecule has 0 bridgehead atoms. The van der Waals surface area contributed by atoms with Gasteiger partial charge in [0.05, 0.1) is 11.3 Å². The summed E-state index contributed by atoms with van der Waals surface area (Å²) in [6, 6.07) is 14.5. The Labute approximate surface area is 148 Å². The first kappa shape index (κ1) is 16.3. The van der Waals surface area contributed by atoms with E-state index >= 15 is 0 Å². The van der Waals surface area contributed by atoms with Crippen molar-refractivity contribution < 1.29 is 9.53 Å². The van der Waals surface area contributed by atoms with Gasteiger partial charge in [0.2, 0.25) is 0 Å². The summed E-state index contributed by atoms with van der Waals surface area (Å²) in [6.45, 7) is 0.216. The zero-order valence-corrected chi connectivity index (χ0v) is 14.1. The maximum atomic E-state index is 11.4. The van der Waals surface area contributed by atoms with E-state index in [1.54, 1.807) is 18.2 Å². The fourth-order valence-electron chi connectivity index (χ4n) is 2.05. The summed E-state index contributed by atoms with van der Waals surface area (Å²) in [5.74, 6) is -0.216. The molecule has 3 rings (SSSR count). The number of nitrogens with two attached hydrogens (primary N) is 1. The van der Waals surface area contributed by atoms with Crippen molar-refractivity contribution in [3.8, 4) is 5.75 Å². The van der Waals surface area contributed by atoms with Crippen molar-refractivity contribution in [2.45, 2.75) is 6.61 Å². The van der Waals surface area contributed by atoms with E-state index < -0.39 is 5.91 Å². The molecular weight excluding hydrogens is 346 g/mol. The summed E-state index contributed by atoms with van der Waals surface area (Å²) < 4.78 is 5.66. The molecule has 1 amide bonds. The first-order valence-electron chi connectivity index (χ1n) is 7.10. The molecule has 0 aliphatic carbocycles. The van der Waals surface area contributed by atoms with Gasteiger partial charge in [-0.15, -0.1) is 11.3 Å². The van der Waals surface area contributed by atoms with Crippen LogP contribution in [0.2, 0.25) is 5.02 Å². The van der Waals surface area contributed by atoms with E-state index in [1.165, 1.54) is 11.3 Å². The number of para-hydroxylation sites is 1. The number of nitrogens with zero attached hydrogens (tertiary/aromatic N) is 1. The molecule has 3 N–H and O–H groups in total. The molecule has 3 aromatic rings. The molecule has 1 aromatic heterocycles. The van der Waals surface area contributed by atoms with E-state index in [2.05, 4.69) is 10.3 Å². The van der Waals surface area contributed by atoms with Gasteiger partial charge in [0, 0.05) is 16.1 Å². The Morgan fingerprint density at radius 2 is 2.04 bits per heavy atom. The lowest BCUT2D eigenvalue weighted by Crippen LogP contribution is -2.13. The Bertz CT molecular complexity index is 852. The molecule has 0 unspecified atom stereocenters. The molecule has 0 fully saturated rings. The molecule has 0 radical (unpaired) electrons. The summed E-state index contributed by atoms with van der Waals surface area (Å²) in [4.78, 5) is 15.9. The van der Waals surface area contributed by atoms with Gasteiger partial charge in [0.25, 0.3) is 5.91 Å². The molecule has 122 valence electrons. The molecular formula is C17H14ClN3O2S. The SMILES string of the molecule is NC(=O)c1ccc(Cl)cc1OCc1csc(Nc2ccccc2)n1. The molecule has 0 saturated carbocycles. The Morgan fingerprint density at radius 3 is 2.79 bits per heavy atom. The third-order valence-electron chi connectivity index (χ3n) is 3.16. The predicted molar refractivity (Wildman–Crippen MR) is 96.1 cm³/mol. The number of carbonyl (C=O) groups excluding carboxylic acids is 1. The smallest absolute Gasteiger partial charge is 0.252 e. The monoisotopic (exact) mass is 359 g/mol. The molecule has 0 atom stereocenters. The van der Waals surface area contributed by atoms with E-state index in [4.69, 9.17) is 22.1 Å². The molecule has 0 saturated heterocycles. The molecule has 2 aromatic carbocycles. The molecule has 1 heterocycles. The van der Waals surface area contributed by atoms with Crippen LogP contribution in [-0.2, 0) is 6.61 Å². The van der Waals surface area contributed by atoms with Crippen LogP contribution in [0.15, 0.2) is 53.9 Å². The van der Waals surface area contributed by atoms with Gasteiger partial charge in [0.1, 0.15) is 12.4 Å². The number of ether oxygens (including phenoxy) is 1. The number of aromatic nitrogens is 1. The number of amides is 1. The minimum absolute atomic E-state index is 0.216. The van der Waals surface area contributed by atoms with Gasteiger partial charge < -0.3 is 15.8 Å². The number of carbonyl (C=O) groups is 1. The third-order valence-corrected chi connectivity index (χ3v) is 4.20. The van der Waals surface area contributed by atoms with Gasteiger partial charge in [-0.3, -0.25) is 4.79 Å². The summed E-state index contributed by atoms with van der Waals surface area (Å²) in [6.07, 6.45) is 0. The molecule has 0 aliphatic heterocycles. The van der Waals surface area contributed by atoms with Crippen molar-refractivity contribution >= 4 is 39.7 Å². The summed E-state index contributed by atoms with van der Waals surface area (Å²) >= 11 is 7.42. The maximum Gasteiger partial charge on any atom is 0.252 e. The predicted octanol–water partition coefficient (Wildman–Crippen LogP) is 4.22. The van der Waals surface area contributed by atoms with Gasteiger partial charge in [0.15, 0.2) is 5.13 Å². The number of rotatable bonds is 6. The largest absolute Gasteiger partial charge is 0.486 e. The molecule has 24 heavy (non-hydrogen) atoms. The van der Waals surface area contributed by atoms with E-state index in [9.17, 15) is 4.79 Å². The van der Waals surface area contributed by atoms with Crippen LogP contribution >= 0.6 is 22.9 Å². The minimum atomic E-state index is -0.564. The van der Waals surface area contributed by atoms with E-state index in [-0.39, 0.29) is 12.2 Å². The van der Waals surface area contributed by atoms with Gasteiger partial charge in [-0.2, -0.15) is 0 Å². The highest BCUT2D eigenvalue weighted by molar-refractivity contribution is 7.13. The van der Waals surface area contributed by atoms with Gasteiger partial charge >= 0.3 is 0 Å². The second-order valence-electron chi connectivity index (χ2n) is 4.93. The lowest BCUT2D eigenvalue weighted by molar-refractivity contribution is 0.0996. The van der Waals surface area contributed by atoms with E-state index in [0.717, 1.165) is 16.5 Å². The first-order chi connectivity index (χ1) is 11.6. The normalized spacial score (nSPS) is 10.4. The number of hydrogen-bond acceptors (Lipinski definition) is 5. The van der Waals surface area contributed by atoms with E-state index in [0.29, 0.717) is 10.8 Å². The number of nitrogens with one attached hydrogen (secondary N) is 1. The zero-order valence-electron chi connectivity index (χ0n) is 12.5. The molecule has 0 spiro atoms. The van der Waals surface area contributed by atoms with Crippen molar-refractivity contribution in [3.63, 3.8) is 0 Å². The van der Waals surface area contributed by atoms with Crippen LogP contribution in [0.25, 0.3) is 0 Å². The highest BCUT2D eigenvalue weighted by Gasteiger charge is 2.11. The Kier molecular flexibility index (Phi) is 4.98. The van der Waals surface area contributed by atoms with E-state index in [1.807, 2.05) is 35.7 Å². The third kappa shape index (κ3) is 4.04. The standard InChI is InChI=1S/C17H14ClN3O2S/c18-11-6-7-14(16(19)22)15(8-11)23-9-13-10-24-17(21-13)20-12-4-2-1-3-5-12/h1-8,10H,9H2,(H2,19,22)(H,20,21). The summed E-state index contributed by atoms with van der Waals surface area (Å²) in [5.41, 5.74) is 7.33. The number of halogens is 1. The van der Waals surface area contributed by atoms with Crippen molar-refractivity contribution in [1.82, 2.24) is 4.98 Å². The number of thiazole rings is 1. The molecule has 7 heteroatoms. The summed E-state index contributed by atoms with van der Waals surface area (Å²) in [7, 11) is 0. The quantitative estimate of drug-likeness (QED) is 0.690. The van der Waals surface area contributed by atoms with Crippen LogP contribution in [0.5, 0.6) is 5.75 Å². The van der Waals surface area contributed by atoms with Crippen LogP contribution in [0, 0.1) is 0 Å². The second kappa shape index (κ2) is 7.33. The minimum Gasteiger partial charge on any atom is -0.486 e.